The van der Waals surface area contributed by atoms with Crippen LogP contribution in [-0.4, -0.2) is 17.8 Å². The lowest BCUT2D eigenvalue weighted by molar-refractivity contribution is 0.100. The third-order valence-corrected chi connectivity index (χ3v) is 3.69. The first kappa shape index (κ1) is 14.5. The van der Waals surface area contributed by atoms with Crippen LogP contribution < -0.4 is 0 Å². The van der Waals surface area contributed by atoms with E-state index in [9.17, 15) is 4.79 Å². The molecule has 0 N–H and O–H groups in total. The third-order valence-electron chi connectivity index (χ3n) is 2.91. The van der Waals surface area contributed by atoms with Gasteiger partial charge in [-0.05, 0) is 25.3 Å². The Morgan fingerprint density at radius 1 is 1.05 bits per heavy atom. The van der Waals surface area contributed by atoms with Crippen molar-refractivity contribution in [1.82, 2.24) is 0 Å². The highest BCUT2D eigenvalue weighted by molar-refractivity contribution is 7.98. The highest BCUT2D eigenvalue weighted by Crippen LogP contribution is 2.27. The Hall–Kier alpha value is -1.87. The van der Waals surface area contributed by atoms with E-state index in [0.717, 1.165) is 21.9 Å². The summed E-state index contributed by atoms with van der Waals surface area (Å²) >= 11 is 1.66. The zero-order valence-corrected chi connectivity index (χ0v) is 12.5. The molecule has 0 radical (unpaired) electrons. The Balaban J connectivity index is 2.13. The molecule has 2 aromatic carbocycles. The molecule has 2 rings (SSSR count). The zero-order valence-electron chi connectivity index (χ0n) is 11.7. The quantitative estimate of drug-likeness (QED) is 0.449. The average Bonchev–Trinajstić information content (AvgIpc) is 2.48. The molecule has 0 aliphatic heterocycles. The van der Waals surface area contributed by atoms with Crippen molar-refractivity contribution >= 4 is 28.9 Å². The van der Waals surface area contributed by atoms with Crippen molar-refractivity contribution in [2.45, 2.75) is 18.2 Å². The number of para-hydroxylation sites is 1. The van der Waals surface area contributed by atoms with Crippen molar-refractivity contribution in [3.63, 3.8) is 0 Å². The number of rotatable bonds is 5. The van der Waals surface area contributed by atoms with Gasteiger partial charge in [-0.15, -0.1) is 11.8 Å². The third kappa shape index (κ3) is 3.81. The summed E-state index contributed by atoms with van der Waals surface area (Å²) in [6, 6.07) is 17.3. The monoisotopic (exact) mass is 283 g/mol. The van der Waals surface area contributed by atoms with Crippen LogP contribution in [0.1, 0.15) is 23.7 Å². The molecule has 0 saturated heterocycles. The first-order chi connectivity index (χ1) is 9.70. The first-order valence-electron chi connectivity index (χ1n) is 6.46. The molecule has 0 bridgehead atoms. The second-order valence-corrected chi connectivity index (χ2v) is 5.33. The number of carbonyl (C=O) groups is 1. The lowest BCUT2D eigenvalue weighted by Gasteiger charge is -2.04. The van der Waals surface area contributed by atoms with Gasteiger partial charge in [-0.2, -0.15) is 0 Å². The molecule has 0 atom stereocenters. The van der Waals surface area contributed by atoms with Gasteiger partial charge in [-0.25, -0.2) is 0 Å². The van der Waals surface area contributed by atoms with Crippen LogP contribution in [0.4, 0.5) is 5.69 Å². The first-order valence-corrected chi connectivity index (χ1v) is 7.68. The largest absolute Gasteiger partial charge is 0.294 e. The summed E-state index contributed by atoms with van der Waals surface area (Å²) in [5.74, 6) is 0.105. The van der Waals surface area contributed by atoms with Gasteiger partial charge in [-0.3, -0.25) is 9.79 Å². The molecule has 3 heteroatoms. The predicted molar refractivity (Wildman–Crippen MR) is 86.4 cm³/mol. The highest BCUT2D eigenvalue weighted by Gasteiger charge is 2.07. The molecule has 0 spiro atoms. The van der Waals surface area contributed by atoms with E-state index in [1.807, 2.05) is 67.8 Å². The van der Waals surface area contributed by atoms with Gasteiger partial charge in [0.15, 0.2) is 5.78 Å². The minimum atomic E-state index is 0.105. The van der Waals surface area contributed by atoms with Crippen LogP contribution in [-0.2, 0) is 0 Å². The Morgan fingerprint density at radius 3 is 2.40 bits per heavy atom. The maximum absolute atomic E-state index is 12.1. The Bertz CT molecular complexity index is 620. The number of carbonyl (C=O) groups excluding carboxylic acids is 1. The van der Waals surface area contributed by atoms with Crippen molar-refractivity contribution in [3.05, 3.63) is 60.2 Å². The van der Waals surface area contributed by atoms with E-state index >= 15 is 0 Å². The van der Waals surface area contributed by atoms with Crippen molar-refractivity contribution in [3.8, 4) is 0 Å². The molecule has 0 amide bonds. The Labute approximate surface area is 123 Å². The number of hydrogen-bond donors (Lipinski definition) is 0. The highest BCUT2D eigenvalue weighted by atomic mass is 32.2. The zero-order chi connectivity index (χ0) is 14.4. The van der Waals surface area contributed by atoms with E-state index < -0.39 is 0 Å². The number of thioether (sulfide) groups is 1. The van der Waals surface area contributed by atoms with Gasteiger partial charge in [0.1, 0.15) is 0 Å². The second kappa shape index (κ2) is 7.06. The lowest BCUT2D eigenvalue weighted by atomic mass is 10.1. The number of Topliss-reactive ketones (excluding diaryl/α,β-unsaturated/α-hetero) is 1. The second-order valence-electron chi connectivity index (χ2n) is 4.48. The van der Waals surface area contributed by atoms with E-state index in [2.05, 4.69) is 4.99 Å². The van der Waals surface area contributed by atoms with E-state index in [1.54, 1.807) is 11.8 Å². The summed E-state index contributed by atoms with van der Waals surface area (Å²) in [5, 5.41) is 0. The van der Waals surface area contributed by atoms with E-state index in [-0.39, 0.29) is 5.78 Å². The van der Waals surface area contributed by atoms with Crippen LogP contribution in [0.2, 0.25) is 0 Å². The van der Waals surface area contributed by atoms with Gasteiger partial charge in [0.05, 0.1) is 5.69 Å². The molecule has 2 nitrogen and oxygen atoms in total. The molecular weight excluding hydrogens is 266 g/mol. The molecule has 0 aliphatic rings. The van der Waals surface area contributed by atoms with E-state index in [1.165, 1.54) is 0 Å². The fraction of sp³-hybridized carbons (Fsp3) is 0.176. The molecule has 20 heavy (non-hydrogen) atoms. The van der Waals surface area contributed by atoms with Crippen LogP contribution in [0.25, 0.3) is 0 Å². The molecule has 0 aromatic heterocycles. The normalized spacial score (nSPS) is 11.4. The van der Waals surface area contributed by atoms with Gasteiger partial charge in [0.2, 0.25) is 0 Å². The van der Waals surface area contributed by atoms with Crippen LogP contribution in [0.15, 0.2) is 64.5 Å². The van der Waals surface area contributed by atoms with Gasteiger partial charge in [-0.1, -0.05) is 42.5 Å². The summed E-state index contributed by atoms with van der Waals surface area (Å²) in [6.45, 7) is 1.90. The molecule has 0 heterocycles. The summed E-state index contributed by atoms with van der Waals surface area (Å²) in [6.07, 6.45) is 2.38. The SMILES string of the molecule is CSc1ccccc1N=C(C)CC(=O)c1ccccc1. The summed E-state index contributed by atoms with van der Waals surface area (Å²) in [7, 11) is 0. The molecule has 2 aromatic rings. The standard InChI is InChI=1S/C17H17NOS/c1-13(12-16(19)14-8-4-3-5-9-14)18-15-10-6-7-11-17(15)20-2/h3-11H,12H2,1-2H3. The smallest absolute Gasteiger partial charge is 0.168 e. The number of aliphatic imine (C=N–C) groups is 1. The maximum atomic E-state index is 12.1. The summed E-state index contributed by atoms with van der Waals surface area (Å²) < 4.78 is 0. The molecule has 0 fully saturated rings. The maximum Gasteiger partial charge on any atom is 0.168 e. The van der Waals surface area contributed by atoms with E-state index in [0.29, 0.717) is 6.42 Å². The summed E-state index contributed by atoms with van der Waals surface area (Å²) in [5.41, 5.74) is 2.50. The van der Waals surface area contributed by atoms with Crippen molar-refractivity contribution < 1.29 is 4.79 Å². The number of ketones is 1. The topological polar surface area (TPSA) is 29.4 Å². The van der Waals surface area contributed by atoms with Crippen LogP contribution >= 0.6 is 11.8 Å². The van der Waals surface area contributed by atoms with Crippen LogP contribution in [0.5, 0.6) is 0 Å². The molecular formula is C17H17NOS. The van der Waals surface area contributed by atoms with Crippen molar-refractivity contribution in [2.24, 2.45) is 4.99 Å². The van der Waals surface area contributed by atoms with Gasteiger partial charge < -0.3 is 0 Å². The predicted octanol–water partition coefficient (Wildman–Crippen LogP) is 4.77. The van der Waals surface area contributed by atoms with E-state index in [4.69, 9.17) is 0 Å². The van der Waals surface area contributed by atoms with Crippen molar-refractivity contribution in [1.29, 1.82) is 0 Å². The fourth-order valence-corrected chi connectivity index (χ4v) is 2.46. The number of hydrogen-bond acceptors (Lipinski definition) is 3. The minimum Gasteiger partial charge on any atom is -0.294 e. The average molecular weight is 283 g/mol. The minimum absolute atomic E-state index is 0.105. The van der Waals surface area contributed by atoms with Gasteiger partial charge >= 0.3 is 0 Å². The summed E-state index contributed by atoms with van der Waals surface area (Å²) in [4.78, 5) is 17.8. The Kier molecular flexibility index (Phi) is 5.13. The van der Waals surface area contributed by atoms with Crippen LogP contribution in [0.3, 0.4) is 0 Å². The number of benzene rings is 2. The van der Waals surface area contributed by atoms with Gasteiger partial charge in [0.25, 0.3) is 0 Å². The molecule has 0 saturated carbocycles. The molecule has 102 valence electrons. The lowest BCUT2D eigenvalue weighted by Crippen LogP contribution is -2.04. The molecule has 0 aliphatic carbocycles. The van der Waals surface area contributed by atoms with Crippen molar-refractivity contribution in [2.75, 3.05) is 6.26 Å². The van der Waals surface area contributed by atoms with Crippen LogP contribution in [0, 0.1) is 0 Å². The fourth-order valence-electron chi connectivity index (χ4n) is 1.93. The van der Waals surface area contributed by atoms with Gasteiger partial charge in [0, 0.05) is 22.6 Å². The number of nitrogens with zero attached hydrogens (tertiary/aromatic N) is 1. The molecule has 0 unspecified atom stereocenters. The Morgan fingerprint density at radius 2 is 1.70 bits per heavy atom.